The summed E-state index contributed by atoms with van der Waals surface area (Å²) in [6, 6.07) is 2.22. The van der Waals surface area contributed by atoms with Gasteiger partial charge in [-0.05, 0) is 36.8 Å². The van der Waals surface area contributed by atoms with E-state index < -0.39 is 0 Å². The van der Waals surface area contributed by atoms with E-state index in [9.17, 15) is 5.11 Å². The molecule has 1 aliphatic heterocycles. The number of hydrogen-bond acceptors (Lipinski definition) is 3. The molecule has 0 radical (unpaired) electrons. The van der Waals surface area contributed by atoms with Gasteiger partial charge in [-0.25, -0.2) is 0 Å². The van der Waals surface area contributed by atoms with Gasteiger partial charge in [0.05, 0.1) is 11.1 Å². The van der Waals surface area contributed by atoms with Crippen molar-refractivity contribution in [3.8, 4) is 0 Å². The second kappa shape index (κ2) is 3.68. The van der Waals surface area contributed by atoms with Crippen molar-refractivity contribution in [2.45, 2.75) is 25.9 Å². The molecule has 3 heteroatoms. The van der Waals surface area contributed by atoms with Crippen LogP contribution in [0.4, 0.5) is 5.00 Å². The van der Waals surface area contributed by atoms with Gasteiger partial charge in [0.1, 0.15) is 0 Å². The van der Waals surface area contributed by atoms with Gasteiger partial charge < -0.3 is 10.0 Å². The van der Waals surface area contributed by atoms with Crippen LogP contribution in [0, 0.1) is 6.92 Å². The first-order valence-corrected chi connectivity index (χ1v) is 5.62. The van der Waals surface area contributed by atoms with Crippen LogP contribution in [0.5, 0.6) is 0 Å². The maximum absolute atomic E-state index is 9.36. The minimum Gasteiger partial charge on any atom is -0.393 e. The molecule has 0 aromatic carbocycles. The van der Waals surface area contributed by atoms with E-state index in [1.54, 1.807) is 11.3 Å². The van der Waals surface area contributed by atoms with E-state index in [0.717, 1.165) is 25.9 Å². The average Bonchev–Trinajstić information content (AvgIpc) is 2.53. The summed E-state index contributed by atoms with van der Waals surface area (Å²) in [6.07, 6.45) is 1.76. The van der Waals surface area contributed by atoms with Crippen LogP contribution in [0.2, 0.25) is 0 Å². The summed E-state index contributed by atoms with van der Waals surface area (Å²) in [5.41, 5.74) is 1.34. The number of aliphatic hydroxyl groups excluding tert-OH is 1. The highest BCUT2D eigenvalue weighted by Gasteiger charge is 2.17. The molecule has 1 aromatic heterocycles. The van der Waals surface area contributed by atoms with E-state index in [0.29, 0.717) is 0 Å². The van der Waals surface area contributed by atoms with Crippen LogP contribution in [0.15, 0.2) is 11.4 Å². The Labute approximate surface area is 82.8 Å². The first kappa shape index (κ1) is 9.03. The van der Waals surface area contributed by atoms with Gasteiger partial charge in [-0.15, -0.1) is 11.3 Å². The molecular weight excluding hydrogens is 182 g/mol. The first-order valence-electron chi connectivity index (χ1n) is 4.74. The number of piperidine rings is 1. The zero-order chi connectivity index (χ0) is 9.26. The predicted octanol–water partition coefficient (Wildman–Crippen LogP) is 2.02. The van der Waals surface area contributed by atoms with Crippen molar-refractivity contribution < 1.29 is 5.11 Å². The average molecular weight is 197 g/mol. The highest BCUT2D eigenvalue weighted by Crippen LogP contribution is 2.27. The van der Waals surface area contributed by atoms with Crippen molar-refractivity contribution in [2.24, 2.45) is 0 Å². The summed E-state index contributed by atoms with van der Waals surface area (Å²) in [4.78, 5) is 2.37. The fourth-order valence-electron chi connectivity index (χ4n) is 1.67. The molecule has 2 heterocycles. The normalized spacial score (nSPS) is 19.4. The van der Waals surface area contributed by atoms with Crippen molar-refractivity contribution in [1.29, 1.82) is 0 Å². The van der Waals surface area contributed by atoms with E-state index in [2.05, 4.69) is 23.3 Å². The van der Waals surface area contributed by atoms with Crippen molar-refractivity contribution in [2.75, 3.05) is 18.0 Å². The monoisotopic (exact) mass is 197 g/mol. The molecular formula is C10H15NOS. The number of nitrogens with zero attached hydrogens (tertiary/aromatic N) is 1. The zero-order valence-corrected chi connectivity index (χ0v) is 8.68. The molecule has 0 atom stereocenters. The fourth-order valence-corrected chi connectivity index (χ4v) is 2.63. The lowest BCUT2D eigenvalue weighted by atomic mass is 10.1. The molecule has 1 aromatic rings. The number of aryl methyl sites for hydroxylation is 1. The summed E-state index contributed by atoms with van der Waals surface area (Å²) >= 11 is 1.80. The molecule has 72 valence electrons. The van der Waals surface area contributed by atoms with Crippen LogP contribution in [0.25, 0.3) is 0 Å². The molecule has 1 saturated heterocycles. The predicted molar refractivity (Wildman–Crippen MR) is 56.5 cm³/mol. The molecule has 2 rings (SSSR count). The summed E-state index contributed by atoms with van der Waals surface area (Å²) in [5.74, 6) is 0. The van der Waals surface area contributed by atoms with Crippen LogP contribution in [-0.4, -0.2) is 24.3 Å². The van der Waals surface area contributed by atoms with E-state index in [4.69, 9.17) is 0 Å². The van der Waals surface area contributed by atoms with Crippen LogP contribution in [0.3, 0.4) is 0 Å². The SMILES string of the molecule is Cc1csc(N2CCC(O)CC2)c1. The van der Waals surface area contributed by atoms with Gasteiger partial charge in [0.15, 0.2) is 0 Å². The van der Waals surface area contributed by atoms with Gasteiger partial charge in [-0.2, -0.15) is 0 Å². The molecule has 1 fully saturated rings. The van der Waals surface area contributed by atoms with Gasteiger partial charge in [0.25, 0.3) is 0 Å². The van der Waals surface area contributed by atoms with Gasteiger partial charge in [-0.1, -0.05) is 0 Å². The lowest BCUT2D eigenvalue weighted by Crippen LogP contribution is -2.35. The Hall–Kier alpha value is -0.540. The number of hydrogen-bond donors (Lipinski definition) is 1. The van der Waals surface area contributed by atoms with Crippen molar-refractivity contribution in [3.05, 3.63) is 17.0 Å². The third-order valence-electron chi connectivity index (χ3n) is 2.49. The largest absolute Gasteiger partial charge is 0.393 e. The first-order chi connectivity index (χ1) is 6.25. The molecule has 0 aliphatic carbocycles. The molecule has 0 unspecified atom stereocenters. The highest BCUT2D eigenvalue weighted by atomic mass is 32.1. The van der Waals surface area contributed by atoms with Gasteiger partial charge in [-0.3, -0.25) is 0 Å². The maximum Gasteiger partial charge on any atom is 0.0911 e. The Bertz CT molecular complexity index is 276. The lowest BCUT2D eigenvalue weighted by Gasteiger charge is -2.30. The third-order valence-corrected chi connectivity index (χ3v) is 3.60. The quantitative estimate of drug-likeness (QED) is 0.744. The zero-order valence-electron chi connectivity index (χ0n) is 7.86. The van der Waals surface area contributed by atoms with Crippen LogP contribution < -0.4 is 4.90 Å². The molecule has 0 bridgehead atoms. The van der Waals surface area contributed by atoms with Crippen molar-refractivity contribution >= 4 is 16.3 Å². The Kier molecular flexibility index (Phi) is 2.56. The van der Waals surface area contributed by atoms with Gasteiger partial charge in [0.2, 0.25) is 0 Å². The Morgan fingerprint density at radius 2 is 2.15 bits per heavy atom. The maximum atomic E-state index is 9.36. The summed E-state index contributed by atoms with van der Waals surface area (Å²) in [5, 5.41) is 12.9. The lowest BCUT2D eigenvalue weighted by molar-refractivity contribution is 0.145. The van der Waals surface area contributed by atoms with Gasteiger partial charge in [0, 0.05) is 13.1 Å². The minimum atomic E-state index is -0.0719. The molecule has 1 aliphatic rings. The van der Waals surface area contributed by atoms with Crippen molar-refractivity contribution in [3.63, 3.8) is 0 Å². The smallest absolute Gasteiger partial charge is 0.0911 e. The molecule has 1 N–H and O–H groups in total. The molecule has 0 saturated carbocycles. The summed E-state index contributed by atoms with van der Waals surface area (Å²) in [6.45, 7) is 4.13. The van der Waals surface area contributed by atoms with Crippen LogP contribution in [0.1, 0.15) is 18.4 Å². The Balaban J connectivity index is 2.02. The van der Waals surface area contributed by atoms with Gasteiger partial charge >= 0.3 is 0 Å². The molecule has 13 heavy (non-hydrogen) atoms. The second-order valence-electron chi connectivity index (χ2n) is 3.68. The Morgan fingerprint density at radius 1 is 1.46 bits per heavy atom. The fraction of sp³-hybridized carbons (Fsp3) is 0.600. The Morgan fingerprint density at radius 3 is 2.69 bits per heavy atom. The molecule has 0 amide bonds. The topological polar surface area (TPSA) is 23.5 Å². The number of thiophene rings is 1. The summed E-state index contributed by atoms with van der Waals surface area (Å²) in [7, 11) is 0. The molecule has 0 spiro atoms. The minimum absolute atomic E-state index is 0.0719. The number of anilines is 1. The standard InChI is InChI=1S/C10H15NOS/c1-8-6-10(13-7-8)11-4-2-9(12)3-5-11/h6-7,9,12H,2-5H2,1H3. The summed E-state index contributed by atoms with van der Waals surface area (Å²) < 4.78 is 0. The highest BCUT2D eigenvalue weighted by molar-refractivity contribution is 7.14. The second-order valence-corrected chi connectivity index (χ2v) is 4.57. The number of rotatable bonds is 1. The van der Waals surface area contributed by atoms with E-state index >= 15 is 0 Å². The van der Waals surface area contributed by atoms with E-state index in [1.165, 1.54) is 10.6 Å². The third kappa shape index (κ3) is 2.03. The molecule has 2 nitrogen and oxygen atoms in total. The van der Waals surface area contributed by atoms with E-state index in [1.807, 2.05) is 0 Å². The van der Waals surface area contributed by atoms with E-state index in [-0.39, 0.29) is 6.10 Å². The van der Waals surface area contributed by atoms with Crippen LogP contribution in [-0.2, 0) is 0 Å². The van der Waals surface area contributed by atoms with Crippen molar-refractivity contribution in [1.82, 2.24) is 0 Å². The number of aliphatic hydroxyl groups is 1. The van der Waals surface area contributed by atoms with Crippen LogP contribution >= 0.6 is 11.3 Å².